The van der Waals surface area contributed by atoms with Crippen LogP contribution in [0.1, 0.15) is 52.7 Å². The maximum absolute atomic E-state index is 2.59. The van der Waals surface area contributed by atoms with Crippen molar-refractivity contribution < 1.29 is 0 Å². The fourth-order valence-corrected chi connectivity index (χ4v) is 12.0. The predicted octanol–water partition coefficient (Wildman–Crippen LogP) is 16.9. The van der Waals surface area contributed by atoms with Gasteiger partial charge < -0.3 is 13.7 Å². The van der Waals surface area contributed by atoms with E-state index < -0.39 is 0 Å². The number of rotatable bonds is 5. The Kier molecular flexibility index (Phi) is 8.06. The molecule has 1 aliphatic carbocycles. The highest BCUT2D eigenvalue weighted by molar-refractivity contribution is 6.29. The molecule has 12 aromatic rings. The van der Waals surface area contributed by atoms with E-state index in [4.69, 9.17) is 0 Å². The molecule has 3 heteroatoms. The molecule has 0 aliphatic heterocycles. The summed E-state index contributed by atoms with van der Waals surface area (Å²) >= 11 is 0. The van der Waals surface area contributed by atoms with E-state index in [0.29, 0.717) is 0 Å². The van der Waals surface area contributed by atoms with E-state index in [0.717, 1.165) is 5.69 Å². The number of hydrogen-bond acceptors (Lipinski definition) is 0. The van der Waals surface area contributed by atoms with Crippen LogP contribution in [0.15, 0.2) is 200 Å². The Morgan fingerprint density at radius 2 is 0.667 bits per heavy atom. The molecule has 0 N–H and O–H groups in total. The van der Waals surface area contributed by atoms with Crippen molar-refractivity contribution in [3.8, 4) is 39.3 Å². The Morgan fingerprint density at radius 1 is 0.288 bits per heavy atom. The van der Waals surface area contributed by atoms with Gasteiger partial charge in [0.2, 0.25) is 0 Å². The van der Waals surface area contributed by atoms with Gasteiger partial charge >= 0.3 is 0 Å². The molecule has 3 aromatic heterocycles. The molecule has 0 atom stereocenters. The van der Waals surface area contributed by atoms with Crippen molar-refractivity contribution in [3.05, 3.63) is 211 Å². The topological polar surface area (TPSA) is 14.8 Å². The lowest BCUT2D eigenvalue weighted by Crippen LogP contribution is -2.42. The zero-order valence-corrected chi connectivity index (χ0v) is 38.4. The molecule has 0 fully saturated rings. The van der Waals surface area contributed by atoms with Crippen molar-refractivity contribution in [1.82, 2.24) is 13.7 Å². The molecule has 1 aliphatic rings. The summed E-state index contributed by atoms with van der Waals surface area (Å²) in [7, 11) is 0. The van der Waals surface area contributed by atoms with Gasteiger partial charge in [0.25, 0.3) is 0 Å². The van der Waals surface area contributed by atoms with Crippen molar-refractivity contribution in [3.63, 3.8) is 0 Å². The molecule has 0 saturated heterocycles. The van der Waals surface area contributed by atoms with Gasteiger partial charge in [-0.3, -0.25) is 0 Å². The number of para-hydroxylation sites is 3. The lowest BCUT2D eigenvalue weighted by Gasteiger charge is -2.44. The van der Waals surface area contributed by atoms with Crippen LogP contribution in [-0.2, 0) is 10.8 Å². The Bertz CT molecular complexity index is 3930. The maximum Gasteiger partial charge on any atom is 0.0706 e. The summed E-state index contributed by atoms with van der Waals surface area (Å²) in [6.45, 7) is 14.8. The fourth-order valence-electron chi connectivity index (χ4n) is 12.0. The Labute approximate surface area is 385 Å². The van der Waals surface area contributed by atoms with Crippen LogP contribution in [0.3, 0.4) is 0 Å². The zero-order chi connectivity index (χ0) is 44.7. The van der Waals surface area contributed by atoms with Crippen LogP contribution in [0.5, 0.6) is 0 Å². The Balaban J connectivity index is 1.13. The normalized spacial score (nSPS) is 15.2. The molecule has 13 rings (SSSR count). The van der Waals surface area contributed by atoms with Crippen LogP contribution in [-0.4, -0.2) is 13.7 Å². The molecular weight excluding hydrogens is 799 g/mol. The number of benzene rings is 9. The SMILES string of the molecule is CC1(C)c2cc(-n3c4ccccc4c4cc(-c5ccccc5)ccc43)c(-n3c4ccccc4c4c5c6ccccc6n(-c6ccc(-c7ccccc7)cc6)c5ccc43)cc2C(C)(C)C1(C)C. The van der Waals surface area contributed by atoms with E-state index in [1.165, 1.54) is 110 Å². The quantitative estimate of drug-likeness (QED) is 0.164. The highest BCUT2D eigenvalue weighted by Gasteiger charge is 2.57. The van der Waals surface area contributed by atoms with Crippen molar-refractivity contribution >= 4 is 65.4 Å². The predicted molar refractivity (Wildman–Crippen MR) is 280 cm³/mol. The van der Waals surface area contributed by atoms with E-state index in [9.17, 15) is 0 Å². The summed E-state index contributed by atoms with van der Waals surface area (Å²) in [5, 5.41) is 7.57. The Morgan fingerprint density at radius 3 is 1.23 bits per heavy atom. The molecule has 3 heterocycles. The van der Waals surface area contributed by atoms with E-state index in [1.54, 1.807) is 0 Å². The molecule has 0 radical (unpaired) electrons. The van der Waals surface area contributed by atoms with Crippen LogP contribution in [0.2, 0.25) is 0 Å². The second-order valence-corrected chi connectivity index (χ2v) is 20.2. The molecule has 0 spiro atoms. The minimum absolute atomic E-state index is 0.0161. The molecular formula is C63H51N3. The number of hydrogen-bond donors (Lipinski definition) is 0. The van der Waals surface area contributed by atoms with Gasteiger partial charge in [-0.2, -0.15) is 0 Å². The van der Waals surface area contributed by atoms with E-state index in [1.807, 2.05) is 0 Å². The van der Waals surface area contributed by atoms with E-state index in [2.05, 4.69) is 255 Å². The molecule has 9 aromatic carbocycles. The highest BCUT2D eigenvalue weighted by atomic mass is 15.1. The molecule has 0 unspecified atom stereocenters. The van der Waals surface area contributed by atoms with Crippen LogP contribution in [0.4, 0.5) is 0 Å². The standard InChI is InChI=1S/C63H51N3/c1-61(2)49-38-57(65-51-26-16-13-23-45(51)48-37-43(31-34-54(48)65)41-21-11-8-12-22-41)58(39-50(49)62(3,4)63(61,5)6)66-53-28-18-15-25-47(53)60-56(66)36-35-55-59(60)46-24-14-17-27-52(46)64(55)44-32-29-42(30-33-44)40-19-9-7-10-20-40/h7-39H,1-6H3. The van der Waals surface area contributed by atoms with E-state index >= 15 is 0 Å². The van der Waals surface area contributed by atoms with Crippen molar-refractivity contribution in [2.75, 3.05) is 0 Å². The van der Waals surface area contributed by atoms with Gasteiger partial charge in [-0.25, -0.2) is 0 Å². The van der Waals surface area contributed by atoms with Gasteiger partial charge in [0.1, 0.15) is 0 Å². The first-order valence-electron chi connectivity index (χ1n) is 23.4. The molecule has 0 saturated carbocycles. The zero-order valence-electron chi connectivity index (χ0n) is 38.4. The number of nitrogens with zero attached hydrogens (tertiary/aromatic N) is 3. The second-order valence-electron chi connectivity index (χ2n) is 20.2. The average Bonchev–Trinajstić information content (AvgIpc) is 4.01. The van der Waals surface area contributed by atoms with Gasteiger partial charge in [0.05, 0.1) is 44.5 Å². The lowest BCUT2D eigenvalue weighted by molar-refractivity contribution is 0.125. The summed E-state index contributed by atoms with van der Waals surface area (Å²) in [5.74, 6) is 0. The highest BCUT2D eigenvalue weighted by Crippen LogP contribution is 2.62. The number of fused-ring (bicyclic) bond motifs is 11. The molecule has 66 heavy (non-hydrogen) atoms. The van der Waals surface area contributed by atoms with Crippen molar-refractivity contribution in [2.24, 2.45) is 5.41 Å². The molecule has 3 nitrogen and oxygen atoms in total. The third-order valence-electron chi connectivity index (χ3n) is 16.6. The maximum atomic E-state index is 2.59. The molecule has 0 bridgehead atoms. The number of aromatic nitrogens is 3. The van der Waals surface area contributed by atoms with Crippen LogP contribution >= 0.6 is 0 Å². The van der Waals surface area contributed by atoms with Gasteiger partial charge in [0.15, 0.2) is 0 Å². The van der Waals surface area contributed by atoms with Crippen LogP contribution < -0.4 is 0 Å². The summed E-state index contributed by atoms with van der Waals surface area (Å²) in [5.41, 5.74) is 18.3. The lowest BCUT2D eigenvalue weighted by atomic mass is 9.59. The van der Waals surface area contributed by atoms with E-state index in [-0.39, 0.29) is 16.2 Å². The monoisotopic (exact) mass is 849 g/mol. The first-order valence-corrected chi connectivity index (χ1v) is 23.4. The Hall–Kier alpha value is -7.62. The summed E-state index contributed by atoms with van der Waals surface area (Å²) < 4.78 is 7.61. The second kappa shape index (κ2) is 13.7. The van der Waals surface area contributed by atoms with Gasteiger partial charge in [0, 0.05) is 38.0 Å². The van der Waals surface area contributed by atoms with Gasteiger partial charge in [-0.05, 0) is 116 Å². The third kappa shape index (κ3) is 5.14. The van der Waals surface area contributed by atoms with Crippen molar-refractivity contribution in [1.29, 1.82) is 0 Å². The smallest absolute Gasteiger partial charge is 0.0706 e. The fraction of sp³-hybridized carbons (Fsp3) is 0.143. The summed E-state index contributed by atoms with van der Waals surface area (Å²) in [4.78, 5) is 0. The third-order valence-corrected chi connectivity index (χ3v) is 16.6. The van der Waals surface area contributed by atoms with Crippen LogP contribution in [0, 0.1) is 5.41 Å². The summed E-state index contributed by atoms with van der Waals surface area (Å²) in [6.07, 6.45) is 0. The van der Waals surface area contributed by atoms with Crippen LogP contribution in [0.25, 0.3) is 105 Å². The minimum Gasteiger partial charge on any atom is -0.309 e. The molecule has 318 valence electrons. The largest absolute Gasteiger partial charge is 0.309 e. The van der Waals surface area contributed by atoms with Gasteiger partial charge in [-0.1, -0.05) is 175 Å². The minimum atomic E-state index is -0.0972. The first kappa shape index (κ1) is 38.8. The average molecular weight is 850 g/mol. The summed E-state index contributed by atoms with van der Waals surface area (Å²) in [6, 6.07) is 74.5. The van der Waals surface area contributed by atoms with Gasteiger partial charge in [-0.15, -0.1) is 0 Å². The van der Waals surface area contributed by atoms with Crippen molar-refractivity contribution in [2.45, 2.75) is 52.4 Å². The molecule has 0 amide bonds. The first-order chi connectivity index (χ1) is 32.0.